The molecule has 0 saturated heterocycles. The Morgan fingerprint density at radius 3 is 2.39 bits per heavy atom. The molecule has 0 spiro atoms. The summed E-state index contributed by atoms with van der Waals surface area (Å²) in [6, 6.07) is 0.540. The number of nitrogens with zero attached hydrogens (tertiary/aromatic N) is 3. The van der Waals surface area contributed by atoms with Crippen molar-refractivity contribution in [1.29, 1.82) is 0 Å². The molecular weight excluding hydrogens is 434 g/mol. The number of nitrogen functional groups attached to an aromatic ring is 1. The van der Waals surface area contributed by atoms with Gasteiger partial charge in [0.1, 0.15) is 5.56 Å². The summed E-state index contributed by atoms with van der Waals surface area (Å²) in [6.45, 7) is 3.18. The molecule has 13 heteroatoms. The summed E-state index contributed by atoms with van der Waals surface area (Å²) in [5.41, 5.74) is -0.0669. The maximum atomic E-state index is 13.7. The van der Waals surface area contributed by atoms with Gasteiger partial charge in [-0.25, -0.2) is 4.98 Å². The van der Waals surface area contributed by atoms with Gasteiger partial charge in [-0.3, -0.25) is 0 Å². The second kappa shape index (κ2) is 7.84. The number of rotatable bonds is 0. The van der Waals surface area contributed by atoms with Crippen LogP contribution in [-0.4, -0.2) is 32.6 Å². The molecule has 0 aromatic carbocycles. The summed E-state index contributed by atoms with van der Waals surface area (Å²) < 4.78 is 91.8. The van der Waals surface area contributed by atoms with Gasteiger partial charge in [-0.1, -0.05) is 6.92 Å². The number of anilines is 1. The predicted molar refractivity (Wildman–Crippen MR) is 94.6 cm³/mol. The van der Waals surface area contributed by atoms with Crippen molar-refractivity contribution in [3.05, 3.63) is 17.5 Å². The highest BCUT2D eigenvalue weighted by Gasteiger charge is 2.58. The van der Waals surface area contributed by atoms with E-state index in [1.807, 2.05) is 0 Å². The second-order valence-electron chi connectivity index (χ2n) is 7.70. The van der Waals surface area contributed by atoms with Crippen LogP contribution in [0.5, 0.6) is 5.88 Å². The highest BCUT2D eigenvalue weighted by atomic mass is 19.4. The number of ether oxygens (including phenoxy) is 1. The van der Waals surface area contributed by atoms with Crippen LogP contribution in [-0.2, 0) is 11.8 Å². The van der Waals surface area contributed by atoms with E-state index in [0.717, 1.165) is 0 Å². The average molecular weight is 454 g/mol. The lowest BCUT2D eigenvalue weighted by Gasteiger charge is -2.28. The van der Waals surface area contributed by atoms with Gasteiger partial charge in [0.05, 0.1) is 11.8 Å². The Hall–Kier alpha value is -2.57. The zero-order chi connectivity index (χ0) is 23.2. The topological polar surface area (TPSA) is 107 Å². The van der Waals surface area contributed by atoms with E-state index in [1.54, 1.807) is 6.92 Å². The first-order valence-electron chi connectivity index (χ1n) is 9.40. The van der Waals surface area contributed by atoms with Crippen LogP contribution in [0.3, 0.4) is 0 Å². The fourth-order valence-corrected chi connectivity index (χ4v) is 3.20. The Morgan fingerprint density at radius 2 is 1.77 bits per heavy atom. The van der Waals surface area contributed by atoms with Gasteiger partial charge in [-0.05, 0) is 44.6 Å². The van der Waals surface area contributed by atoms with Crippen molar-refractivity contribution in [2.45, 2.75) is 63.6 Å². The van der Waals surface area contributed by atoms with Crippen LogP contribution in [0.4, 0.5) is 32.0 Å². The fourth-order valence-electron chi connectivity index (χ4n) is 3.20. The summed E-state index contributed by atoms with van der Waals surface area (Å²) in [7, 11) is 0. The van der Waals surface area contributed by atoms with Crippen LogP contribution in [0.2, 0.25) is 0 Å². The van der Waals surface area contributed by atoms with Crippen LogP contribution in [0, 0.1) is 5.92 Å². The number of pyridine rings is 1. The Balaban J connectivity index is 2.19. The monoisotopic (exact) mass is 454 g/mol. The predicted octanol–water partition coefficient (Wildman–Crippen LogP) is 4.46. The molecular formula is C18H20F6N4O3. The number of alkyl halides is 6. The van der Waals surface area contributed by atoms with Crippen molar-refractivity contribution in [1.82, 2.24) is 15.2 Å². The highest BCUT2D eigenvalue weighted by Crippen LogP contribution is 2.45. The van der Waals surface area contributed by atoms with E-state index in [-0.39, 0.29) is 18.8 Å². The number of aliphatic hydroxyl groups is 1. The van der Waals surface area contributed by atoms with E-state index in [2.05, 4.69) is 15.2 Å². The molecule has 2 aromatic heterocycles. The number of nitrogens with two attached hydrogens (primary N) is 1. The maximum Gasteiger partial charge on any atom is 0.426 e. The van der Waals surface area contributed by atoms with E-state index < -0.39 is 65.1 Å². The van der Waals surface area contributed by atoms with Gasteiger partial charge in [-0.15, -0.1) is 10.2 Å². The minimum absolute atomic E-state index is 0.0556. The first kappa shape index (κ1) is 23.1. The third kappa shape index (κ3) is 4.55. The zero-order valence-corrected chi connectivity index (χ0v) is 16.5. The minimum Gasteiger partial charge on any atom is -0.474 e. The highest BCUT2D eigenvalue weighted by molar-refractivity contribution is 5.68. The van der Waals surface area contributed by atoms with E-state index in [0.29, 0.717) is 12.5 Å². The minimum atomic E-state index is -5.13. The van der Waals surface area contributed by atoms with Gasteiger partial charge in [0.2, 0.25) is 11.5 Å². The average Bonchev–Trinajstić information content (AvgIpc) is 3.13. The largest absolute Gasteiger partial charge is 0.474 e. The van der Waals surface area contributed by atoms with Crippen molar-refractivity contribution >= 4 is 5.69 Å². The Morgan fingerprint density at radius 1 is 1.10 bits per heavy atom. The Kier molecular flexibility index (Phi) is 5.84. The molecule has 3 rings (SSSR count). The summed E-state index contributed by atoms with van der Waals surface area (Å²) in [5.74, 6) is -2.93. The van der Waals surface area contributed by atoms with Crippen molar-refractivity contribution < 1.29 is 40.6 Å². The number of hydrogen-bond donors (Lipinski definition) is 2. The molecule has 2 aromatic rings. The molecule has 1 aliphatic heterocycles. The molecule has 3 atom stereocenters. The van der Waals surface area contributed by atoms with Gasteiger partial charge < -0.3 is 20.0 Å². The van der Waals surface area contributed by atoms with Gasteiger partial charge >= 0.3 is 12.4 Å². The number of aromatic nitrogens is 3. The van der Waals surface area contributed by atoms with E-state index >= 15 is 0 Å². The lowest BCUT2D eigenvalue weighted by Crippen LogP contribution is -2.43. The molecule has 0 aliphatic carbocycles. The molecule has 3 heterocycles. The lowest BCUT2D eigenvalue weighted by atomic mass is 9.89. The van der Waals surface area contributed by atoms with Gasteiger partial charge in [-0.2, -0.15) is 26.3 Å². The standard InChI is InChI=1S/C18H20F6N4O3/c1-8-3-4-9(2)30-13-10(17(19,20)21)7-11(25)12(26-13)14-27-28-15(31-14)16(29,6-5-8)18(22,23)24/h7-9,29H,3-6,25H2,1-2H3/t8?,9-,16-/m1/s1. The van der Waals surface area contributed by atoms with Crippen LogP contribution in [0.15, 0.2) is 10.5 Å². The fraction of sp³-hybridized carbons (Fsp3) is 0.611. The normalized spacial score (nSPS) is 25.6. The van der Waals surface area contributed by atoms with Crippen molar-refractivity contribution in [3.8, 4) is 17.5 Å². The maximum absolute atomic E-state index is 13.7. The van der Waals surface area contributed by atoms with Crippen molar-refractivity contribution in [2.75, 3.05) is 5.73 Å². The molecule has 0 saturated carbocycles. The molecule has 0 amide bonds. The van der Waals surface area contributed by atoms with Crippen LogP contribution in [0.25, 0.3) is 11.6 Å². The Labute approximate surface area is 172 Å². The number of hydrogen-bond acceptors (Lipinski definition) is 7. The van der Waals surface area contributed by atoms with Gasteiger partial charge in [0.25, 0.3) is 11.8 Å². The first-order chi connectivity index (χ1) is 14.2. The first-order valence-corrected chi connectivity index (χ1v) is 9.40. The Bertz CT molecular complexity index is 945. The quantitative estimate of drug-likeness (QED) is 0.566. The van der Waals surface area contributed by atoms with Crippen molar-refractivity contribution in [3.63, 3.8) is 0 Å². The third-order valence-electron chi connectivity index (χ3n) is 5.15. The zero-order valence-electron chi connectivity index (χ0n) is 16.5. The number of fused-ring (bicyclic) bond motifs is 5. The van der Waals surface area contributed by atoms with E-state index in [9.17, 15) is 31.4 Å². The van der Waals surface area contributed by atoms with Crippen LogP contribution < -0.4 is 10.5 Å². The molecule has 0 fully saturated rings. The molecule has 7 nitrogen and oxygen atoms in total. The lowest BCUT2D eigenvalue weighted by molar-refractivity contribution is -0.278. The van der Waals surface area contributed by atoms with Crippen LogP contribution in [0.1, 0.15) is 51.0 Å². The molecule has 1 unspecified atom stereocenters. The number of halogens is 6. The summed E-state index contributed by atoms with van der Waals surface area (Å²) in [6.07, 6.45) is -10.9. The van der Waals surface area contributed by atoms with Gasteiger partial charge in [0.15, 0.2) is 5.69 Å². The molecule has 1 aliphatic rings. The molecule has 31 heavy (non-hydrogen) atoms. The molecule has 0 radical (unpaired) electrons. The van der Waals surface area contributed by atoms with E-state index in [1.165, 1.54) is 6.92 Å². The SMILES string of the molecule is CC1CC[C@@H](C)Oc2nc(c(N)cc2C(F)(F)F)-c2nnc(o2)[C@@](O)(C(F)(F)F)CC1. The summed E-state index contributed by atoms with van der Waals surface area (Å²) in [5, 5.41) is 17.1. The molecule has 172 valence electrons. The molecule has 4 bridgehead atoms. The smallest absolute Gasteiger partial charge is 0.426 e. The second-order valence-corrected chi connectivity index (χ2v) is 7.70. The van der Waals surface area contributed by atoms with Crippen LogP contribution >= 0.6 is 0 Å². The van der Waals surface area contributed by atoms with Gasteiger partial charge in [0, 0.05) is 0 Å². The van der Waals surface area contributed by atoms with E-state index in [4.69, 9.17) is 14.9 Å². The third-order valence-corrected chi connectivity index (χ3v) is 5.15. The molecule has 3 N–H and O–H groups in total. The summed E-state index contributed by atoms with van der Waals surface area (Å²) in [4.78, 5) is 3.73. The van der Waals surface area contributed by atoms with Crippen molar-refractivity contribution in [2.24, 2.45) is 5.92 Å². The summed E-state index contributed by atoms with van der Waals surface area (Å²) >= 11 is 0.